The number of hydrogen-bond donors (Lipinski definition) is 1. The summed E-state index contributed by atoms with van der Waals surface area (Å²) in [6, 6.07) is 5.51. The van der Waals surface area contributed by atoms with Gasteiger partial charge in [0.05, 0.1) is 5.69 Å². The first-order valence-corrected chi connectivity index (χ1v) is 4.88. The molecule has 2 heterocycles. The summed E-state index contributed by atoms with van der Waals surface area (Å²) in [5, 5.41) is 4.73. The summed E-state index contributed by atoms with van der Waals surface area (Å²) in [5.74, 6) is 0.621. The summed E-state index contributed by atoms with van der Waals surface area (Å²) in [5.41, 5.74) is 8.31. The number of anilines is 1. The van der Waals surface area contributed by atoms with Crippen molar-refractivity contribution >= 4 is 17.4 Å². The third-order valence-corrected chi connectivity index (χ3v) is 2.33. The van der Waals surface area contributed by atoms with Crippen LogP contribution in [0.3, 0.4) is 0 Å². The Labute approximate surface area is 92.7 Å². The van der Waals surface area contributed by atoms with Gasteiger partial charge < -0.3 is 5.73 Å². The fourth-order valence-corrected chi connectivity index (χ4v) is 1.65. The van der Waals surface area contributed by atoms with Crippen molar-refractivity contribution in [3.63, 3.8) is 0 Å². The lowest BCUT2D eigenvalue weighted by Crippen LogP contribution is -1.96. The topological polar surface area (TPSA) is 56.7 Å². The predicted molar refractivity (Wildman–Crippen MR) is 60.6 cm³/mol. The lowest BCUT2D eigenvalue weighted by molar-refractivity contribution is 0.782. The molecule has 0 aliphatic carbocycles. The standard InChI is InChI=1S/C10H11ClN4/c1-6-3-7(4-9(11)13-6)8-5-10(12)15(2)14-8/h3-5H,12H2,1-2H3. The Kier molecular flexibility index (Phi) is 2.36. The van der Waals surface area contributed by atoms with E-state index in [1.807, 2.05) is 19.1 Å². The highest BCUT2D eigenvalue weighted by molar-refractivity contribution is 6.29. The van der Waals surface area contributed by atoms with Crippen molar-refractivity contribution in [2.45, 2.75) is 6.92 Å². The summed E-state index contributed by atoms with van der Waals surface area (Å²) in [7, 11) is 1.80. The Balaban J connectivity index is 2.53. The van der Waals surface area contributed by atoms with E-state index in [9.17, 15) is 0 Å². The molecular weight excluding hydrogens is 212 g/mol. The number of hydrogen-bond acceptors (Lipinski definition) is 3. The molecule has 2 N–H and O–H groups in total. The van der Waals surface area contributed by atoms with Crippen molar-refractivity contribution in [2.75, 3.05) is 5.73 Å². The first kappa shape index (κ1) is 9.98. The van der Waals surface area contributed by atoms with Crippen LogP contribution in [0.15, 0.2) is 18.2 Å². The maximum absolute atomic E-state index is 5.87. The van der Waals surface area contributed by atoms with Gasteiger partial charge in [-0.15, -0.1) is 0 Å². The maximum atomic E-state index is 5.87. The van der Waals surface area contributed by atoms with Gasteiger partial charge in [0.25, 0.3) is 0 Å². The Bertz CT molecular complexity index is 464. The second-order valence-electron chi connectivity index (χ2n) is 3.40. The summed E-state index contributed by atoms with van der Waals surface area (Å²) in [6.07, 6.45) is 0. The first-order chi connectivity index (χ1) is 7.06. The summed E-state index contributed by atoms with van der Waals surface area (Å²) in [6.45, 7) is 1.89. The van der Waals surface area contributed by atoms with Crippen LogP contribution < -0.4 is 5.73 Å². The van der Waals surface area contributed by atoms with Crippen molar-refractivity contribution in [1.82, 2.24) is 14.8 Å². The van der Waals surface area contributed by atoms with Crippen LogP contribution in [0, 0.1) is 6.92 Å². The molecule has 0 atom stereocenters. The fourth-order valence-electron chi connectivity index (χ4n) is 1.40. The maximum Gasteiger partial charge on any atom is 0.130 e. The van der Waals surface area contributed by atoms with Gasteiger partial charge in [0.1, 0.15) is 11.0 Å². The third-order valence-electron chi connectivity index (χ3n) is 2.13. The Morgan fingerprint density at radius 2 is 2.07 bits per heavy atom. The number of aryl methyl sites for hydroxylation is 2. The molecule has 0 fully saturated rings. The van der Waals surface area contributed by atoms with Gasteiger partial charge in [0.15, 0.2) is 0 Å². The van der Waals surface area contributed by atoms with Crippen molar-refractivity contribution < 1.29 is 0 Å². The van der Waals surface area contributed by atoms with Crippen molar-refractivity contribution in [1.29, 1.82) is 0 Å². The average Bonchev–Trinajstić information content (AvgIpc) is 2.45. The van der Waals surface area contributed by atoms with Gasteiger partial charge in [0.2, 0.25) is 0 Å². The molecule has 4 nitrogen and oxygen atoms in total. The van der Waals surface area contributed by atoms with E-state index in [-0.39, 0.29) is 0 Å². The number of halogens is 1. The molecule has 0 aliphatic heterocycles. The number of nitrogens with two attached hydrogens (primary N) is 1. The van der Waals surface area contributed by atoms with E-state index < -0.39 is 0 Å². The quantitative estimate of drug-likeness (QED) is 0.752. The van der Waals surface area contributed by atoms with E-state index in [4.69, 9.17) is 17.3 Å². The summed E-state index contributed by atoms with van der Waals surface area (Å²) >= 11 is 5.87. The minimum atomic E-state index is 0.467. The SMILES string of the molecule is Cc1cc(-c2cc(N)n(C)n2)cc(Cl)n1. The molecule has 0 spiro atoms. The predicted octanol–water partition coefficient (Wildman–Crippen LogP) is 2.03. The average molecular weight is 223 g/mol. The van der Waals surface area contributed by atoms with Crippen LogP contribution in [0.25, 0.3) is 11.3 Å². The van der Waals surface area contributed by atoms with Crippen LogP contribution in [0.5, 0.6) is 0 Å². The molecule has 15 heavy (non-hydrogen) atoms. The monoisotopic (exact) mass is 222 g/mol. The lowest BCUT2D eigenvalue weighted by atomic mass is 10.2. The van der Waals surface area contributed by atoms with Crippen LogP contribution in [-0.2, 0) is 7.05 Å². The van der Waals surface area contributed by atoms with Gasteiger partial charge in [0, 0.05) is 24.4 Å². The minimum absolute atomic E-state index is 0.467. The van der Waals surface area contributed by atoms with Gasteiger partial charge in [-0.05, 0) is 19.1 Å². The molecule has 78 valence electrons. The first-order valence-electron chi connectivity index (χ1n) is 4.50. The van der Waals surface area contributed by atoms with Gasteiger partial charge in [-0.1, -0.05) is 11.6 Å². The molecule has 2 aromatic heterocycles. The number of pyridine rings is 1. The molecule has 0 amide bonds. The highest BCUT2D eigenvalue weighted by Gasteiger charge is 2.06. The second kappa shape index (κ2) is 3.55. The zero-order chi connectivity index (χ0) is 11.0. The summed E-state index contributed by atoms with van der Waals surface area (Å²) in [4.78, 5) is 4.09. The van der Waals surface area contributed by atoms with Gasteiger partial charge in [-0.25, -0.2) is 4.98 Å². The molecule has 0 saturated heterocycles. The van der Waals surface area contributed by atoms with E-state index in [1.165, 1.54) is 0 Å². The van der Waals surface area contributed by atoms with E-state index in [0.29, 0.717) is 11.0 Å². The molecule has 2 rings (SSSR count). The lowest BCUT2D eigenvalue weighted by Gasteiger charge is -1.99. The van der Waals surface area contributed by atoms with Crippen LogP contribution in [0.1, 0.15) is 5.69 Å². The van der Waals surface area contributed by atoms with Crippen LogP contribution in [0.4, 0.5) is 5.82 Å². The molecule has 0 aliphatic rings. The minimum Gasteiger partial charge on any atom is -0.384 e. The van der Waals surface area contributed by atoms with Crippen LogP contribution in [-0.4, -0.2) is 14.8 Å². The molecule has 0 aromatic carbocycles. The number of nitrogens with zero attached hydrogens (tertiary/aromatic N) is 3. The number of aromatic nitrogens is 3. The smallest absolute Gasteiger partial charge is 0.130 e. The third kappa shape index (κ3) is 1.94. The number of rotatable bonds is 1. The van der Waals surface area contributed by atoms with E-state index in [2.05, 4.69) is 10.1 Å². The largest absolute Gasteiger partial charge is 0.384 e. The zero-order valence-electron chi connectivity index (χ0n) is 8.53. The highest BCUT2D eigenvalue weighted by atomic mass is 35.5. The van der Waals surface area contributed by atoms with Crippen molar-refractivity contribution in [2.24, 2.45) is 7.05 Å². The second-order valence-corrected chi connectivity index (χ2v) is 3.79. The van der Waals surface area contributed by atoms with Gasteiger partial charge in [-0.2, -0.15) is 5.10 Å². The molecular formula is C10H11ClN4. The van der Waals surface area contributed by atoms with Gasteiger partial charge in [-0.3, -0.25) is 4.68 Å². The molecule has 0 unspecified atom stereocenters. The van der Waals surface area contributed by atoms with Crippen molar-refractivity contribution in [3.8, 4) is 11.3 Å². The zero-order valence-corrected chi connectivity index (χ0v) is 9.28. The number of nitrogen functional groups attached to an aromatic ring is 1. The normalized spacial score (nSPS) is 10.6. The summed E-state index contributed by atoms with van der Waals surface area (Å²) < 4.78 is 1.62. The van der Waals surface area contributed by atoms with Crippen molar-refractivity contribution in [3.05, 3.63) is 29.0 Å². The van der Waals surface area contributed by atoms with E-state index in [1.54, 1.807) is 17.8 Å². The Hall–Kier alpha value is -1.55. The molecule has 0 radical (unpaired) electrons. The molecule has 2 aromatic rings. The van der Waals surface area contributed by atoms with E-state index in [0.717, 1.165) is 17.0 Å². The highest BCUT2D eigenvalue weighted by Crippen LogP contribution is 2.22. The fraction of sp³-hybridized carbons (Fsp3) is 0.200. The Morgan fingerprint density at radius 1 is 1.33 bits per heavy atom. The van der Waals surface area contributed by atoms with Crippen LogP contribution in [0.2, 0.25) is 5.15 Å². The molecule has 0 bridgehead atoms. The van der Waals surface area contributed by atoms with Crippen LogP contribution >= 0.6 is 11.6 Å². The molecule has 5 heteroatoms. The van der Waals surface area contributed by atoms with Gasteiger partial charge >= 0.3 is 0 Å². The molecule has 0 saturated carbocycles. The Morgan fingerprint density at radius 3 is 2.60 bits per heavy atom. The van der Waals surface area contributed by atoms with E-state index >= 15 is 0 Å².